The molecular formula is C8H8N6O2S. The molecule has 0 aliphatic heterocycles. The van der Waals surface area contributed by atoms with Gasteiger partial charge in [-0.2, -0.15) is 4.98 Å². The summed E-state index contributed by atoms with van der Waals surface area (Å²) in [6, 6.07) is 1.62. The topological polar surface area (TPSA) is 120 Å². The van der Waals surface area contributed by atoms with Crippen molar-refractivity contribution in [2.45, 2.75) is 10.2 Å². The van der Waals surface area contributed by atoms with Gasteiger partial charge in [0.2, 0.25) is 5.95 Å². The van der Waals surface area contributed by atoms with E-state index in [1.165, 1.54) is 10.9 Å². The zero-order chi connectivity index (χ0) is 12.4. The Hall–Kier alpha value is -2.16. The number of nitrogens with one attached hydrogen (secondary N) is 1. The monoisotopic (exact) mass is 252 g/mol. The van der Waals surface area contributed by atoms with Gasteiger partial charge in [0.15, 0.2) is 5.16 Å². The Balaban J connectivity index is 2.40. The summed E-state index contributed by atoms with van der Waals surface area (Å²) in [6.45, 7) is 0. The highest BCUT2D eigenvalue weighted by molar-refractivity contribution is 7.99. The van der Waals surface area contributed by atoms with Crippen molar-refractivity contribution in [1.29, 1.82) is 0 Å². The minimum Gasteiger partial charge on any atom is -0.368 e. The van der Waals surface area contributed by atoms with E-state index in [1.54, 1.807) is 13.1 Å². The number of nitrogens with two attached hydrogens (primary N) is 1. The van der Waals surface area contributed by atoms with Crippen molar-refractivity contribution in [3.8, 4) is 0 Å². The Morgan fingerprint density at radius 2 is 2.18 bits per heavy atom. The smallest absolute Gasteiger partial charge is 0.339 e. The van der Waals surface area contributed by atoms with E-state index in [0.29, 0.717) is 10.2 Å². The van der Waals surface area contributed by atoms with Gasteiger partial charge in [-0.3, -0.25) is 19.4 Å². The van der Waals surface area contributed by atoms with Gasteiger partial charge in [0, 0.05) is 13.2 Å². The molecule has 0 amide bonds. The zero-order valence-corrected chi connectivity index (χ0v) is 9.56. The lowest BCUT2D eigenvalue weighted by Gasteiger charge is -2.04. The quantitative estimate of drug-likeness (QED) is 0.519. The van der Waals surface area contributed by atoms with Gasteiger partial charge in [0.25, 0.3) is 0 Å². The molecule has 0 radical (unpaired) electrons. The number of aromatic nitrogens is 5. The predicted molar refractivity (Wildman–Crippen MR) is 60.7 cm³/mol. The number of hydrogen-bond acceptors (Lipinski definition) is 7. The molecule has 0 unspecified atom stereocenters. The summed E-state index contributed by atoms with van der Waals surface area (Å²) in [4.78, 5) is 33.4. The van der Waals surface area contributed by atoms with Crippen LogP contribution in [0.1, 0.15) is 0 Å². The largest absolute Gasteiger partial charge is 0.368 e. The molecule has 0 atom stereocenters. The van der Waals surface area contributed by atoms with E-state index in [-0.39, 0.29) is 5.95 Å². The molecule has 0 aliphatic carbocycles. The minimum atomic E-state index is -0.840. The van der Waals surface area contributed by atoms with Crippen molar-refractivity contribution in [3.05, 3.63) is 33.0 Å². The Bertz CT molecular complexity index is 664. The molecule has 0 aromatic carbocycles. The highest BCUT2D eigenvalue weighted by Gasteiger charge is 2.07. The summed E-state index contributed by atoms with van der Waals surface area (Å²) >= 11 is 1.10. The van der Waals surface area contributed by atoms with Crippen LogP contribution in [0, 0.1) is 0 Å². The van der Waals surface area contributed by atoms with E-state index in [4.69, 9.17) is 5.73 Å². The lowest BCUT2D eigenvalue weighted by molar-refractivity contribution is 0.596. The number of H-pyrrole nitrogens is 1. The molecule has 0 saturated carbocycles. The molecule has 0 bridgehead atoms. The third-order valence-electron chi connectivity index (χ3n) is 1.79. The van der Waals surface area contributed by atoms with Crippen LogP contribution in [0.2, 0.25) is 0 Å². The van der Waals surface area contributed by atoms with Gasteiger partial charge in [0.1, 0.15) is 5.03 Å². The first-order chi connectivity index (χ1) is 8.06. The van der Waals surface area contributed by atoms with Gasteiger partial charge in [0.05, 0.1) is 0 Å². The molecule has 0 fully saturated rings. The van der Waals surface area contributed by atoms with E-state index in [9.17, 15) is 9.59 Å². The van der Waals surface area contributed by atoms with Gasteiger partial charge in [-0.05, 0) is 17.8 Å². The Labute approximate surface area is 98.9 Å². The van der Waals surface area contributed by atoms with Crippen molar-refractivity contribution in [2.75, 3.05) is 5.73 Å². The molecule has 9 heteroatoms. The summed E-state index contributed by atoms with van der Waals surface area (Å²) in [5, 5.41) is 3.18. The van der Waals surface area contributed by atoms with Gasteiger partial charge < -0.3 is 5.73 Å². The average Bonchev–Trinajstić information content (AvgIpc) is 2.26. The third kappa shape index (κ3) is 2.50. The number of aryl methyl sites for hydroxylation is 1. The SMILES string of the molecule is Cn1[nH]c(=O)c(=O)nc1Sc1ccnc(N)n1. The van der Waals surface area contributed by atoms with Crippen LogP contribution in [-0.2, 0) is 7.05 Å². The summed E-state index contributed by atoms with van der Waals surface area (Å²) in [5.41, 5.74) is 3.82. The van der Waals surface area contributed by atoms with E-state index in [0.717, 1.165) is 11.8 Å². The van der Waals surface area contributed by atoms with E-state index < -0.39 is 11.1 Å². The second-order valence-corrected chi connectivity index (χ2v) is 4.04. The van der Waals surface area contributed by atoms with Crippen molar-refractivity contribution in [3.63, 3.8) is 0 Å². The molecule has 2 heterocycles. The van der Waals surface area contributed by atoms with Crippen LogP contribution in [0.4, 0.5) is 5.95 Å². The van der Waals surface area contributed by atoms with Crippen molar-refractivity contribution in [1.82, 2.24) is 24.7 Å². The second-order valence-electron chi connectivity index (χ2n) is 3.05. The maximum Gasteiger partial charge on any atom is 0.339 e. The normalized spacial score (nSPS) is 10.4. The van der Waals surface area contributed by atoms with E-state index >= 15 is 0 Å². The van der Waals surface area contributed by atoms with E-state index in [2.05, 4.69) is 20.1 Å². The summed E-state index contributed by atoms with van der Waals surface area (Å²) in [5.74, 6) is 0.129. The molecule has 17 heavy (non-hydrogen) atoms. The standard InChI is InChI=1S/C8H8N6O2S/c1-14-8(12-5(15)6(16)13-14)17-4-2-3-10-7(9)11-4/h2-3H,1H3,(H,13,16)(H2,9,10,11). The molecule has 0 saturated heterocycles. The number of hydrogen-bond donors (Lipinski definition) is 2. The molecule has 8 nitrogen and oxygen atoms in total. The first kappa shape index (κ1) is 11.3. The first-order valence-corrected chi connectivity index (χ1v) is 5.31. The van der Waals surface area contributed by atoms with Crippen LogP contribution >= 0.6 is 11.8 Å². The van der Waals surface area contributed by atoms with Crippen LogP contribution < -0.4 is 16.9 Å². The zero-order valence-electron chi connectivity index (χ0n) is 8.75. The number of anilines is 1. The summed E-state index contributed by atoms with van der Waals surface area (Å²) in [6.07, 6.45) is 1.49. The maximum atomic E-state index is 11.1. The van der Waals surface area contributed by atoms with Crippen LogP contribution in [0.15, 0.2) is 32.0 Å². The van der Waals surface area contributed by atoms with Gasteiger partial charge in [-0.1, -0.05) is 0 Å². The fourth-order valence-corrected chi connectivity index (χ4v) is 1.82. The first-order valence-electron chi connectivity index (χ1n) is 4.50. The molecule has 3 N–H and O–H groups in total. The molecule has 2 aromatic heterocycles. The van der Waals surface area contributed by atoms with Crippen LogP contribution in [-0.4, -0.2) is 24.7 Å². The molecule has 0 spiro atoms. The minimum absolute atomic E-state index is 0.129. The highest BCUT2D eigenvalue weighted by Crippen LogP contribution is 2.21. The summed E-state index contributed by atoms with van der Waals surface area (Å²) < 4.78 is 1.34. The fourth-order valence-electron chi connectivity index (χ4n) is 1.06. The van der Waals surface area contributed by atoms with Crippen molar-refractivity contribution >= 4 is 17.7 Å². The van der Waals surface area contributed by atoms with Gasteiger partial charge in [-0.25, -0.2) is 9.97 Å². The third-order valence-corrected chi connectivity index (χ3v) is 2.78. The van der Waals surface area contributed by atoms with Crippen molar-refractivity contribution < 1.29 is 0 Å². The Morgan fingerprint density at radius 3 is 2.88 bits per heavy atom. The van der Waals surface area contributed by atoms with Crippen LogP contribution in [0.5, 0.6) is 0 Å². The van der Waals surface area contributed by atoms with Crippen LogP contribution in [0.3, 0.4) is 0 Å². The number of aromatic amines is 1. The van der Waals surface area contributed by atoms with Crippen molar-refractivity contribution in [2.24, 2.45) is 7.05 Å². The fraction of sp³-hybridized carbons (Fsp3) is 0.125. The highest BCUT2D eigenvalue weighted by atomic mass is 32.2. The lowest BCUT2D eigenvalue weighted by atomic mass is 10.7. The summed E-state index contributed by atoms with van der Waals surface area (Å²) in [7, 11) is 1.57. The molecule has 88 valence electrons. The molecular weight excluding hydrogens is 244 g/mol. The van der Waals surface area contributed by atoms with Gasteiger partial charge >= 0.3 is 11.1 Å². The molecule has 2 rings (SSSR count). The number of nitrogen functional groups attached to an aromatic ring is 1. The Kier molecular flexibility index (Phi) is 2.91. The van der Waals surface area contributed by atoms with Crippen LogP contribution in [0.25, 0.3) is 0 Å². The predicted octanol–water partition coefficient (Wildman–Crippen LogP) is -1.01. The van der Waals surface area contributed by atoms with E-state index in [1.807, 2.05) is 0 Å². The second kappa shape index (κ2) is 4.37. The Morgan fingerprint density at radius 1 is 1.41 bits per heavy atom. The average molecular weight is 252 g/mol. The molecule has 0 aliphatic rings. The molecule has 2 aromatic rings. The van der Waals surface area contributed by atoms with Gasteiger partial charge in [-0.15, -0.1) is 0 Å². The number of nitrogens with zero attached hydrogens (tertiary/aromatic N) is 4. The maximum absolute atomic E-state index is 11.1. The number of rotatable bonds is 2. The lowest BCUT2D eigenvalue weighted by Crippen LogP contribution is -2.33.